The van der Waals surface area contributed by atoms with E-state index in [2.05, 4.69) is 0 Å². The Labute approximate surface area is 65.7 Å². The van der Waals surface area contributed by atoms with Crippen molar-refractivity contribution >= 4 is 5.78 Å². The van der Waals surface area contributed by atoms with Gasteiger partial charge in [0.2, 0.25) is 0 Å². The average Bonchev–Trinajstić information content (AvgIpc) is 2.00. The van der Waals surface area contributed by atoms with Crippen molar-refractivity contribution < 1.29 is 14.6 Å². The average molecular weight is 156 g/mol. The minimum Gasteiger partial charge on any atom is -0.492 e. The molecule has 0 bridgehead atoms. The highest BCUT2D eigenvalue weighted by atomic mass is 16.5. The lowest BCUT2D eigenvalue weighted by Gasteiger charge is -2.33. The highest BCUT2D eigenvalue weighted by Crippen LogP contribution is 2.24. The number of ether oxygens (including phenoxy) is 1. The van der Waals surface area contributed by atoms with E-state index < -0.39 is 11.7 Å². The Morgan fingerprint density at radius 1 is 1.82 bits per heavy atom. The molecular weight excluding hydrogens is 144 g/mol. The summed E-state index contributed by atoms with van der Waals surface area (Å²) in [6, 6.07) is 0. The third kappa shape index (κ3) is 1.28. The molecule has 0 amide bonds. The highest BCUT2D eigenvalue weighted by molar-refractivity contribution is 5.94. The Kier molecular flexibility index (Phi) is 2.00. The first kappa shape index (κ1) is 8.27. The molecule has 11 heavy (non-hydrogen) atoms. The summed E-state index contributed by atoms with van der Waals surface area (Å²) in [5.41, 5.74) is -0.730. The first-order chi connectivity index (χ1) is 5.10. The zero-order valence-electron chi connectivity index (χ0n) is 6.70. The smallest absolute Gasteiger partial charge is 0.191 e. The maximum absolute atomic E-state index is 11.0. The molecule has 2 atom stereocenters. The normalized spacial score (nSPS) is 37.0. The summed E-state index contributed by atoms with van der Waals surface area (Å²) in [5, 5.41) is 9.37. The van der Waals surface area contributed by atoms with Crippen molar-refractivity contribution in [3.8, 4) is 0 Å². The van der Waals surface area contributed by atoms with Crippen molar-refractivity contribution in [3.05, 3.63) is 12.3 Å². The molecular formula is C8H12O3. The molecule has 62 valence electrons. The fourth-order valence-corrected chi connectivity index (χ4v) is 0.990. The van der Waals surface area contributed by atoms with Crippen LogP contribution in [0.4, 0.5) is 0 Å². The summed E-state index contributed by atoms with van der Waals surface area (Å²) in [7, 11) is 0. The van der Waals surface area contributed by atoms with E-state index in [0.29, 0.717) is 6.42 Å². The van der Waals surface area contributed by atoms with Gasteiger partial charge < -0.3 is 9.84 Å². The molecule has 0 spiro atoms. The van der Waals surface area contributed by atoms with Crippen molar-refractivity contribution in [2.75, 3.05) is 0 Å². The van der Waals surface area contributed by atoms with Gasteiger partial charge in [-0.3, -0.25) is 4.79 Å². The monoisotopic (exact) mass is 156 g/mol. The standard InChI is InChI=1S/C8H12O3/c1-3-8(2)7(10)6(9)4-5-11-8/h4-5,7,10H,3H2,1-2H3. The number of carbonyl (C=O) groups is 1. The largest absolute Gasteiger partial charge is 0.492 e. The van der Waals surface area contributed by atoms with Crippen LogP contribution in [0, 0.1) is 0 Å². The minimum absolute atomic E-state index is 0.277. The van der Waals surface area contributed by atoms with Crippen LogP contribution >= 0.6 is 0 Å². The quantitative estimate of drug-likeness (QED) is 0.605. The molecule has 3 heteroatoms. The molecule has 1 rings (SSSR count). The van der Waals surface area contributed by atoms with Crippen molar-refractivity contribution in [3.63, 3.8) is 0 Å². The number of rotatable bonds is 1. The van der Waals surface area contributed by atoms with Gasteiger partial charge in [-0.1, -0.05) is 6.92 Å². The summed E-state index contributed by atoms with van der Waals surface area (Å²) in [6.45, 7) is 3.59. The molecule has 2 unspecified atom stereocenters. The molecule has 3 nitrogen and oxygen atoms in total. The van der Waals surface area contributed by atoms with E-state index in [9.17, 15) is 9.90 Å². The van der Waals surface area contributed by atoms with Gasteiger partial charge in [0.05, 0.1) is 6.26 Å². The van der Waals surface area contributed by atoms with Gasteiger partial charge in [-0.25, -0.2) is 0 Å². The molecule has 0 saturated carbocycles. The zero-order valence-corrected chi connectivity index (χ0v) is 6.70. The Morgan fingerprint density at radius 3 is 2.91 bits per heavy atom. The molecule has 1 aliphatic rings. The van der Waals surface area contributed by atoms with E-state index in [1.165, 1.54) is 12.3 Å². The molecule has 1 heterocycles. The van der Waals surface area contributed by atoms with Gasteiger partial charge in [-0.15, -0.1) is 0 Å². The number of aliphatic hydroxyl groups excluding tert-OH is 1. The summed E-state index contributed by atoms with van der Waals surface area (Å²) in [4.78, 5) is 11.0. The number of hydrogen-bond acceptors (Lipinski definition) is 3. The van der Waals surface area contributed by atoms with Crippen LogP contribution in [-0.4, -0.2) is 22.6 Å². The molecule has 0 aromatic heterocycles. The third-order valence-corrected chi connectivity index (χ3v) is 2.12. The van der Waals surface area contributed by atoms with Crippen LogP contribution in [0.25, 0.3) is 0 Å². The van der Waals surface area contributed by atoms with Crippen molar-refractivity contribution in [1.82, 2.24) is 0 Å². The van der Waals surface area contributed by atoms with Crippen LogP contribution < -0.4 is 0 Å². The number of carbonyl (C=O) groups excluding carboxylic acids is 1. The number of aliphatic hydroxyl groups is 1. The van der Waals surface area contributed by atoms with Gasteiger partial charge in [-0.05, 0) is 13.3 Å². The molecule has 0 saturated heterocycles. The molecule has 0 aromatic carbocycles. The summed E-state index contributed by atoms with van der Waals surface area (Å²) in [5.74, 6) is -0.277. The van der Waals surface area contributed by atoms with E-state index in [1.54, 1.807) is 6.92 Å². The highest BCUT2D eigenvalue weighted by Gasteiger charge is 2.38. The SMILES string of the molecule is CCC1(C)OC=CC(=O)C1O. The van der Waals surface area contributed by atoms with E-state index in [1.807, 2.05) is 6.92 Å². The summed E-state index contributed by atoms with van der Waals surface area (Å²) < 4.78 is 5.15. The lowest BCUT2D eigenvalue weighted by molar-refractivity contribution is -0.142. The van der Waals surface area contributed by atoms with Gasteiger partial charge in [0.1, 0.15) is 5.60 Å². The molecule has 0 aromatic rings. The molecule has 1 aliphatic heterocycles. The molecule has 0 fully saturated rings. The summed E-state index contributed by atoms with van der Waals surface area (Å²) in [6.07, 6.45) is 2.20. The Balaban J connectivity index is 2.85. The second kappa shape index (κ2) is 2.66. The predicted molar refractivity (Wildman–Crippen MR) is 39.9 cm³/mol. The number of ketones is 1. The Morgan fingerprint density at radius 2 is 2.45 bits per heavy atom. The van der Waals surface area contributed by atoms with Crippen LogP contribution in [-0.2, 0) is 9.53 Å². The first-order valence-corrected chi connectivity index (χ1v) is 3.66. The van der Waals surface area contributed by atoms with Crippen molar-refractivity contribution in [2.45, 2.75) is 32.0 Å². The predicted octanol–water partition coefficient (Wildman–Crippen LogP) is 0.629. The van der Waals surface area contributed by atoms with Crippen molar-refractivity contribution in [1.29, 1.82) is 0 Å². The van der Waals surface area contributed by atoms with E-state index in [0.717, 1.165) is 0 Å². The second-order valence-electron chi connectivity index (χ2n) is 2.89. The maximum atomic E-state index is 11.0. The van der Waals surface area contributed by atoms with Crippen LogP contribution in [0.1, 0.15) is 20.3 Å². The fourth-order valence-electron chi connectivity index (χ4n) is 0.990. The first-order valence-electron chi connectivity index (χ1n) is 3.66. The van der Waals surface area contributed by atoms with Gasteiger partial charge in [-0.2, -0.15) is 0 Å². The lowest BCUT2D eigenvalue weighted by Crippen LogP contribution is -2.47. The van der Waals surface area contributed by atoms with Gasteiger partial charge in [0, 0.05) is 6.08 Å². The fraction of sp³-hybridized carbons (Fsp3) is 0.625. The minimum atomic E-state index is -1.02. The molecule has 0 radical (unpaired) electrons. The summed E-state index contributed by atoms with van der Waals surface area (Å²) >= 11 is 0. The van der Waals surface area contributed by atoms with E-state index >= 15 is 0 Å². The topological polar surface area (TPSA) is 46.5 Å². The lowest BCUT2D eigenvalue weighted by atomic mass is 9.91. The number of hydrogen-bond donors (Lipinski definition) is 1. The zero-order chi connectivity index (χ0) is 8.48. The molecule has 1 N–H and O–H groups in total. The Bertz CT molecular complexity index is 198. The van der Waals surface area contributed by atoms with Gasteiger partial charge >= 0.3 is 0 Å². The van der Waals surface area contributed by atoms with Crippen LogP contribution in [0.5, 0.6) is 0 Å². The van der Waals surface area contributed by atoms with E-state index in [-0.39, 0.29) is 5.78 Å². The van der Waals surface area contributed by atoms with Gasteiger partial charge in [0.15, 0.2) is 11.9 Å². The third-order valence-electron chi connectivity index (χ3n) is 2.12. The van der Waals surface area contributed by atoms with Crippen LogP contribution in [0.15, 0.2) is 12.3 Å². The van der Waals surface area contributed by atoms with Crippen LogP contribution in [0.3, 0.4) is 0 Å². The van der Waals surface area contributed by atoms with Crippen molar-refractivity contribution in [2.24, 2.45) is 0 Å². The maximum Gasteiger partial charge on any atom is 0.191 e. The Hall–Kier alpha value is -0.830. The van der Waals surface area contributed by atoms with E-state index in [4.69, 9.17) is 4.74 Å². The van der Waals surface area contributed by atoms with Crippen LogP contribution in [0.2, 0.25) is 0 Å². The van der Waals surface area contributed by atoms with Gasteiger partial charge in [0.25, 0.3) is 0 Å². The second-order valence-corrected chi connectivity index (χ2v) is 2.89. The molecule has 0 aliphatic carbocycles.